The van der Waals surface area contributed by atoms with Crippen LogP contribution in [0.15, 0.2) is 41.3 Å². The van der Waals surface area contributed by atoms with Crippen molar-refractivity contribution in [2.45, 2.75) is 38.5 Å². The normalized spacial score (nSPS) is 14.6. The first-order valence-electron chi connectivity index (χ1n) is 11.4. The van der Waals surface area contributed by atoms with E-state index in [0.29, 0.717) is 61.5 Å². The quantitative estimate of drug-likeness (QED) is 0.557. The summed E-state index contributed by atoms with van der Waals surface area (Å²) in [6.07, 6.45) is 1.22. The smallest absolute Gasteiger partial charge is 0.262 e. The molecule has 2 amide bonds. The zero-order valence-electron chi connectivity index (χ0n) is 20.2. The standard InChI is InChI=1S/C25H33N3O5S/c1-17-15-18(2)23(19(3)16-17)34(31,32)27-22-7-5-21(6-8-22)25(30)28-12-9-20(10-13-28)24(29)26-11-14-33-4/h5-8,15-16,20,27H,9-14H2,1-4H3,(H,26,29). The molecule has 2 aromatic carbocycles. The molecule has 0 spiro atoms. The van der Waals surface area contributed by atoms with Crippen LogP contribution in [0.25, 0.3) is 0 Å². The zero-order valence-corrected chi connectivity index (χ0v) is 21.0. The summed E-state index contributed by atoms with van der Waals surface area (Å²) in [5, 5.41) is 2.85. The zero-order chi connectivity index (χ0) is 24.9. The number of nitrogens with one attached hydrogen (secondary N) is 2. The molecule has 9 heteroatoms. The van der Waals surface area contributed by atoms with Crippen LogP contribution in [0, 0.1) is 26.7 Å². The number of aryl methyl sites for hydroxylation is 3. The molecule has 1 heterocycles. The van der Waals surface area contributed by atoms with Crippen LogP contribution in [-0.4, -0.2) is 58.5 Å². The average Bonchev–Trinajstić information content (AvgIpc) is 2.78. The van der Waals surface area contributed by atoms with E-state index >= 15 is 0 Å². The van der Waals surface area contributed by atoms with Crippen molar-refractivity contribution in [1.82, 2.24) is 10.2 Å². The molecule has 1 fully saturated rings. The van der Waals surface area contributed by atoms with E-state index in [1.54, 1.807) is 50.1 Å². The van der Waals surface area contributed by atoms with E-state index in [2.05, 4.69) is 10.0 Å². The lowest BCUT2D eigenvalue weighted by molar-refractivity contribution is -0.126. The summed E-state index contributed by atoms with van der Waals surface area (Å²) in [7, 11) is -2.17. The maximum absolute atomic E-state index is 13.0. The summed E-state index contributed by atoms with van der Waals surface area (Å²) in [4.78, 5) is 27.1. The highest BCUT2D eigenvalue weighted by Crippen LogP contribution is 2.25. The van der Waals surface area contributed by atoms with Crippen LogP contribution in [0.1, 0.15) is 39.9 Å². The third-order valence-electron chi connectivity index (χ3n) is 6.02. The van der Waals surface area contributed by atoms with Crippen molar-refractivity contribution < 1.29 is 22.7 Å². The Bertz CT molecular complexity index is 1110. The van der Waals surface area contributed by atoms with E-state index in [0.717, 1.165) is 5.56 Å². The number of amides is 2. The second-order valence-corrected chi connectivity index (χ2v) is 10.4. The van der Waals surface area contributed by atoms with Crippen LogP contribution in [0.3, 0.4) is 0 Å². The maximum atomic E-state index is 13.0. The second kappa shape index (κ2) is 11.0. The van der Waals surface area contributed by atoms with Gasteiger partial charge >= 0.3 is 0 Å². The molecule has 1 saturated heterocycles. The molecule has 1 aliphatic rings. The Morgan fingerprint density at radius 3 is 2.18 bits per heavy atom. The van der Waals surface area contributed by atoms with Gasteiger partial charge in [-0.1, -0.05) is 17.7 Å². The van der Waals surface area contributed by atoms with E-state index in [-0.39, 0.29) is 22.6 Å². The fourth-order valence-electron chi connectivity index (χ4n) is 4.43. The minimum Gasteiger partial charge on any atom is -0.383 e. The first-order chi connectivity index (χ1) is 16.1. The van der Waals surface area contributed by atoms with Crippen molar-refractivity contribution in [2.75, 3.05) is 38.1 Å². The number of ether oxygens (including phenoxy) is 1. The molecular weight excluding hydrogens is 454 g/mol. The molecule has 8 nitrogen and oxygen atoms in total. The summed E-state index contributed by atoms with van der Waals surface area (Å²) in [5.74, 6) is -0.232. The van der Waals surface area contributed by atoms with Crippen molar-refractivity contribution >= 4 is 27.5 Å². The molecule has 2 N–H and O–H groups in total. The Morgan fingerprint density at radius 1 is 1.03 bits per heavy atom. The minimum absolute atomic E-state index is 0.000152. The van der Waals surface area contributed by atoms with Crippen LogP contribution in [0.2, 0.25) is 0 Å². The Kier molecular flexibility index (Phi) is 8.33. The number of carbonyl (C=O) groups excluding carboxylic acids is 2. The van der Waals surface area contributed by atoms with Crippen molar-refractivity contribution in [1.29, 1.82) is 0 Å². The van der Waals surface area contributed by atoms with Gasteiger partial charge in [0.05, 0.1) is 11.5 Å². The second-order valence-electron chi connectivity index (χ2n) is 8.76. The highest BCUT2D eigenvalue weighted by atomic mass is 32.2. The van der Waals surface area contributed by atoms with Gasteiger partial charge in [0.25, 0.3) is 15.9 Å². The minimum atomic E-state index is -3.76. The average molecular weight is 488 g/mol. The Hall–Kier alpha value is -2.91. The van der Waals surface area contributed by atoms with Gasteiger partial charge in [-0.05, 0) is 69.0 Å². The van der Waals surface area contributed by atoms with E-state index in [1.165, 1.54) is 0 Å². The Morgan fingerprint density at radius 2 is 1.62 bits per heavy atom. The molecule has 0 unspecified atom stereocenters. The van der Waals surface area contributed by atoms with Crippen LogP contribution in [0.4, 0.5) is 5.69 Å². The lowest BCUT2D eigenvalue weighted by Crippen LogP contribution is -2.43. The number of methoxy groups -OCH3 is 1. The fraction of sp³-hybridized carbons (Fsp3) is 0.440. The number of piperidine rings is 1. The molecule has 2 aromatic rings. The van der Waals surface area contributed by atoms with Crippen LogP contribution < -0.4 is 10.0 Å². The number of nitrogens with zero attached hydrogens (tertiary/aromatic N) is 1. The fourth-order valence-corrected chi connectivity index (χ4v) is 5.94. The lowest BCUT2D eigenvalue weighted by atomic mass is 9.95. The van der Waals surface area contributed by atoms with Crippen LogP contribution in [-0.2, 0) is 19.6 Å². The molecule has 0 aromatic heterocycles. The predicted octanol–water partition coefficient (Wildman–Crippen LogP) is 3.03. The molecule has 184 valence electrons. The first kappa shape index (κ1) is 25.7. The molecule has 3 rings (SSSR count). The van der Waals surface area contributed by atoms with Crippen LogP contribution >= 0.6 is 0 Å². The number of likely N-dealkylation sites (tertiary alicyclic amines) is 1. The third-order valence-corrected chi connectivity index (χ3v) is 7.70. The molecule has 0 aliphatic carbocycles. The lowest BCUT2D eigenvalue weighted by Gasteiger charge is -2.31. The molecular formula is C25H33N3O5S. The van der Waals surface area contributed by atoms with Crippen molar-refractivity contribution in [2.24, 2.45) is 5.92 Å². The largest absolute Gasteiger partial charge is 0.383 e. The van der Waals surface area contributed by atoms with Gasteiger partial charge < -0.3 is 15.0 Å². The number of hydrogen-bond acceptors (Lipinski definition) is 5. The Balaban J connectivity index is 1.61. The molecule has 34 heavy (non-hydrogen) atoms. The number of anilines is 1. The summed E-state index contributed by atoms with van der Waals surface area (Å²) in [6, 6.07) is 10.1. The van der Waals surface area contributed by atoms with Crippen molar-refractivity contribution in [3.63, 3.8) is 0 Å². The van der Waals surface area contributed by atoms with E-state index in [4.69, 9.17) is 4.74 Å². The SMILES string of the molecule is COCCNC(=O)C1CCN(C(=O)c2ccc(NS(=O)(=O)c3c(C)cc(C)cc3C)cc2)CC1. The highest BCUT2D eigenvalue weighted by Gasteiger charge is 2.28. The van der Waals surface area contributed by atoms with E-state index < -0.39 is 10.0 Å². The monoisotopic (exact) mass is 487 g/mol. The van der Waals surface area contributed by atoms with Crippen molar-refractivity contribution in [3.05, 3.63) is 58.7 Å². The Labute approximate surface area is 201 Å². The molecule has 1 aliphatic heterocycles. The number of rotatable bonds is 8. The van der Waals surface area contributed by atoms with Gasteiger partial charge in [0.15, 0.2) is 0 Å². The number of hydrogen-bond donors (Lipinski definition) is 2. The van der Waals surface area contributed by atoms with Crippen molar-refractivity contribution in [3.8, 4) is 0 Å². The summed E-state index contributed by atoms with van der Waals surface area (Å²) >= 11 is 0. The van der Waals surface area contributed by atoms with Gasteiger partial charge in [-0.25, -0.2) is 8.42 Å². The van der Waals surface area contributed by atoms with E-state index in [1.807, 2.05) is 19.1 Å². The van der Waals surface area contributed by atoms with Gasteiger partial charge in [-0.15, -0.1) is 0 Å². The van der Waals surface area contributed by atoms with Gasteiger partial charge in [0.1, 0.15) is 0 Å². The molecule has 0 saturated carbocycles. The number of carbonyl (C=O) groups is 2. The van der Waals surface area contributed by atoms with Gasteiger partial charge in [-0.2, -0.15) is 0 Å². The first-order valence-corrected chi connectivity index (χ1v) is 12.9. The van der Waals surface area contributed by atoms with Gasteiger partial charge in [-0.3, -0.25) is 14.3 Å². The molecule has 0 radical (unpaired) electrons. The number of benzene rings is 2. The molecule has 0 bridgehead atoms. The predicted molar refractivity (Wildman–Crippen MR) is 131 cm³/mol. The summed E-state index contributed by atoms with van der Waals surface area (Å²) in [6.45, 7) is 7.45. The van der Waals surface area contributed by atoms with E-state index in [9.17, 15) is 18.0 Å². The topological polar surface area (TPSA) is 105 Å². The van der Waals surface area contributed by atoms with Crippen LogP contribution in [0.5, 0.6) is 0 Å². The molecule has 0 atom stereocenters. The summed E-state index contributed by atoms with van der Waals surface area (Å²) < 4.78 is 33.5. The van der Waals surface area contributed by atoms with Gasteiger partial charge in [0, 0.05) is 43.9 Å². The summed E-state index contributed by atoms with van der Waals surface area (Å²) in [5.41, 5.74) is 3.25. The maximum Gasteiger partial charge on any atom is 0.262 e. The highest BCUT2D eigenvalue weighted by molar-refractivity contribution is 7.92. The third kappa shape index (κ3) is 6.15. The van der Waals surface area contributed by atoms with Gasteiger partial charge in [0.2, 0.25) is 5.91 Å². The number of sulfonamides is 1.